The van der Waals surface area contributed by atoms with Gasteiger partial charge in [-0.1, -0.05) is 180 Å². The molecule has 5 nitrogen and oxygen atoms in total. The fraction of sp³-hybridized carbons (Fsp3) is 0.453. The number of aryl methyl sites for hydroxylation is 2. The maximum atomic E-state index is 10.7. The monoisotopic (exact) mass is 1240 g/mol. The van der Waals surface area contributed by atoms with Crippen LogP contribution >= 0.6 is 7.92 Å². The van der Waals surface area contributed by atoms with Crippen molar-refractivity contribution in [2.75, 3.05) is 6.61 Å². The molecule has 1 fully saturated rings. The summed E-state index contributed by atoms with van der Waals surface area (Å²) >= 11 is 0. The maximum absolute atomic E-state index is 10.7. The summed E-state index contributed by atoms with van der Waals surface area (Å²) in [6, 6.07) is 40.5. The molecule has 0 aromatic heterocycles. The van der Waals surface area contributed by atoms with Gasteiger partial charge in [0, 0.05) is 31.1 Å². The molecule has 1 aliphatic heterocycles. The van der Waals surface area contributed by atoms with Crippen molar-refractivity contribution >= 4 is 39.9 Å². The van der Waals surface area contributed by atoms with Crippen molar-refractivity contribution < 1.29 is 51.0 Å². The number of hydrogen-bond acceptors (Lipinski definition) is 4. The van der Waals surface area contributed by atoms with Crippen LogP contribution in [-0.4, -0.2) is 37.0 Å². The van der Waals surface area contributed by atoms with Gasteiger partial charge >= 0.3 is 15.6 Å². The molecule has 1 N–H and O–H groups in total. The molecule has 1 heterocycles. The predicted molar refractivity (Wildman–Crippen MR) is 304 cm³/mol. The summed E-state index contributed by atoms with van der Waals surface area (Å²) in [5.41, 5.74) is 8.69. The quantitative estimate of drug-likeness (QED) is 0.104. The van der Waals surface area contributed by atoms with Gasteiger partial charge < -0.3 is 4.74 Å². The van der Waals surface area contributed by atoms with Crippen molar-refractivity contribution in [1.82, 2.24) is 0 Å². The summed E-state index contributed by atoms with van der Waals surface area (Å²) in [5.74, 6) is 0.840. The molecule has 1 spiro atoms. The van der Waals surface area contributed by atoms with Crippen molar-refractivity contribution in [3.63, 3.8) is 0 Å². The second-order valence-electron chi connectivity index (χ2n) is 24.7. The van der Waals surface area contributed by atoms with Crippen LogP contribution in [0.4, 0.5) is 13.2 Å². The number of alkyl halides is 3. The van der Waals surface area contributed by atoms with Gasteiger partial charge in [0.2, 0.25) is 5.90 Å². The Labute approximate surface area is 463 Å². The second-order valence-corrected chi connectivity index (χ2v) is 28.3. The van der Waals surface area contributed by atoms with Crippen LogP contribution in [0.3, 0.4) is 0 Å². The van der Waals surface area contributed by atoms with E-state index >= 15 is 0 Å². The third-order valence-electron chi connectivity index (χ3n) is 14.8. The zero-order valence-corrected chi connectivity index (χ0v) is 50.3. The standard InChI is InChI=1S/C55H66NOP.C8H12.CHF3O3S.Ir/c1-51(2,3)39-29-40(52(4,5)6)32-44(31-39)58(45-33-41(53(7,8)9)30-42(34-45)54(10,11)12)47-23-17-21-38-25-27-55(49(38)47)26-24-37-20-16-22-46(48(37)55)50-56-43(35-57-50)28-36-18-14-13-15-19-36;1-2-4-6-8-7-5-3-1;2-1(3,4)8(5,6)7;/h13-23,29-34,43H,24-28,35H2,1-12H3;1-2,7-8H,3-6H2;(H,5,6,7);/t43-,55+;;;/m0.../s1. The average Bonchev–Trinajstić information content (AvgIpc) is 4.03. The van der Waals surface area contributed by atoms with Gasteiger partial charge in [-0.3, -0.25) is 4.55 Å². The smallest absolute Gasteiger partial charge is 0.475 e. The third-order valence-corrected chi connectivity index (χ3v) is 17.8. The molecule has 2 atom stereocenters. The molecule has 5 radical (unpaired) electrons. The van der Waals surface area contributed by atoms with Gasteiger partial charge in [0.05, 0.1) is 6.04 Å². The molecule has 5 aromatic rings. The van der Waals surface area contributed by atoms with E-state index in [-0.39, 0.29) is 53.2 Å². The number of ether oxygens (including phenoxy) is 1. The number of hydrogen-bond donors (Lipinski definition) is 1. The molecule has 0 unspecified atom stereocenters. The molecule has 5 aromatic carbocycles. The number of fused-ring (bicyclic) bond motifs is 4. The first kappa shape index (κ1) is 60.6. The summed E-state index contributed by atoms with van der Waals surface area (Å²) in [5, 5.41) is 4.46. The van der Waals surface area contributed by atoms with Crippen LogP contribution in [0.25, 0.3) is 0 Å². The molecule has 9 rings (SSSR count). The minimum absolute atomic E-state index is 0. The van der Waals surface area contributed by atoms with Gasteiger partial charge in [0.15, 0.2) is 0 Å². The van der Waals surface area contributed by atoms with E-state index in [1.807, 2.05) is 0 Å². The molecule has 1 saturated carbocycles. The molecular weight excluding hydrogens is 1160 g/mol. The number of rotatable bonds is 6. The topological polar surface area (TPSA) is 76.0 Å². The number of halogens is 3. The molecule has 4 aliphatic rings. The van der Waals surface area contributed by atoms with Gasteiger partial charge in [0.25, 0.3) is 0 Å². The predicted octanol–water partition coefficient (Wildman–Crippen LogP) is 15.0. The van der Waals surface area contributed by atoms with Crippen molar-refractivity contribution in [1.29, 1.82) is 0 Å². The zero-order valence-electron chi connectivity index (χ0n) is 46.2. The van der Waals surface area contributed by atoms with E-state index in [2.05, 4.69) is 212 Å². The summed E-state index contributed by atoms with van der Waals surface area (Å²) in [6.45, 7) is 29.2. The van der Waals surface area contributed by atoms with E-state index < -0.39 is 23.5 Å². The van der Waals surface area contributed by atoms with Gasteiger partial charge in [-0.2, -0.15) is 21.6 Å². The van der Waals surface area contributed by atoms with Gasteiger partial charge in [-0.05, 0) is 185 Å². The Hall–Kier alpha value is -3.65. The molecule has 0 saturated heterocycles. The Morgan fingerprint density at radius 2 is 1.01 bits per heavy atom. The van der Waals surface area contributed by atoms with Crippen molar-refractivity contribution in [3.05, 3.63) is 184 Å². The van der Waals surface area contributed by atoms with E-state index in [1.54, 1.807) is 5.56 Å². The second kappa shape index (κ2) is 23.8. The van der Waals surface area contributed by atoms with E-state index in [4.69, 9.17) is 22.7 Å². The van der Waals surface area contributed by atoms with Crippen LogP contribution in [-0.2, 0) is 81.3 Å². The summed E-state index contributed by atoms with van der Waals surface area (Å²) in [6.07, 6.45) is 19.3. The molecule has 0 amide bonds. The Bertz CT molecular complexity index is 2740. The Kier molecular flexibility index (Phi) is 19.2. The largest absolute Gasteiger partial charge is 0.522 e. The first-order chi connectivity index (χ1) is 34.5. The minimum Gasteiger partial charge on any atom is -0.475 e. The van der Waals surface area contributed by atoms with Gasteiger partial charge in [0.1, 0.15) is 6.61 Å². The Morgan fingerprint density at radius 1 is 0.600 bits per heavy atom. The van der Waals surface area contributed by atoms with E-state index in [0.717, 1.165) is 38.0 Å². The third kappa shape index (κ3) is 14.5. The van der Waals surface area contributed by atoms with E-state index in [1.165, 1.54) is 91.7 Å². The molecule has 405 valence electrons. The van der Waals surface area contributed by atoms with Crippen LogP contribution in [0.2, 0.25) is 0 Å². The minimum atomic E-state index is -5.84. The normalized spacial score (nSPS) is 19.1. The molecule has 3 aliphatic carbocycles. The van der Waals surface area contributed by atoms with Crippen molar-refractivity contribution in [2.24, 2.45) is 4.99 Å². The average molecular weight is 1240 g/mol. The zero-order chi connectivity index (χ0) is 54.1. The SMILES string of the molecule is CC(C)(C)c1cc(P(c2cc(C(C)(C)C)cc(C(C)(C)C)c2)c2cccc3c2[C@]2(CCc4cccc(C5=N[C@@H](Cc6ccccc6)CO5)c42)CC3)cc(C(C)(C)C)c1.O=S(=O)(O)C(F)(F)F.[CH]1[CH]CC[CH][CH]CC1.[Ir]. The van der Waals surface area contributed by atoms with Gasteiger partial charge in [-0.25, -0.2) is 4.99 Å². The van der Waals surface area contributed by atoms with Crippen molar-refractivity contribution in [2.45, 2.75) is 179 Å². The first-order valence-electron chi connectivity index (χ1n) is 26.4. The summed E-state index contributed by atoms with van der Waals surface area (Å²) in [4.78, 5) is 5.32. The van der Waals surface area contributed by atoms with Crippen LogP contribution in [0.1, 0.15) is 177 Å². The summed E-state index contributed by atoms with van der Waals surface area (Å²) < 4.78 is 64.1. The number of aliphatic imine (C=N–C) groups is 1. The van der Waals surface area contributed by atoms with Crippen LogP contribution < -0.4 is 15.9 Å². The number of nitrogens with zero attached hydrogens (tertiary/aromatic N) is 1. The molecular formula is C64H79F3IrNO4PS. The van der Waals surface area contributed by atoms with Crippen LogP contribution in [0, 0.1) is 25.7 Å². The van der Waals surface area contributed by atoms with Crippen LogP contribution in [0.5, 0.6) is 0 Å². The van der Waals surface area contributed by atoms with Crippen LogP contribution in [0.15, 0.2) is 108 Å². The van der Waals surface area contributed by atoms with Crippen molar-refractivity contribution in [3.8, 4) is 0 Å². The Balaban J connectivity index is 0.000000463. The fourth-order valence-electron chi connectivity index (χ4n) is 10.6. The maximum Gasteiger partial charge on any atom is 0.522 e. The molecule has 75 heavy (non-hydrogen) atoms. The first-order valence-corrected chi connectivity index (χ1v) is 29.2. The summed E-state index contributed by atoms with van der Waals surface area (Å²) in [7, 11) is -6.79. The molecule has 11 heteroatoms. The van der Waals surface area contributed by atoms with Gasteiger partial charge in [-0.15, -0.1) is 0 Å². The number of benzene rings is 5. The van der Waals surface area contributed by atoms with E-state index in [0.29, 0.717) is 6.61 Å². The molecule has 0 bridgehead atoms. The Morgan fingerprint density at radius 3 is 1.43 bits per heavy atom. The fourth-order valence-corrected chi connectivity index (χ4v) is 13.3. The van der Waals surface area contributed by atoms with E-state index in [9.17, 15) is 13.2 Å².